The smallest absolute Gasteiger partial charge is 0.270 e. The van der Waals surface area contributed by atoms with Gasteiger partial charge in [-0.1, -0.05) is 24.6 Å². The third-order valence-corrected chi connectivity index (χ3v) is 5.18. The molecule has 1 aliphatic rings. The van der Waals surface area contributed by atoms with Crippen molar-refractivity contribution >= 4 is 52.5 Å². The number of thiocarbonyl (C=S) groups is 1. The van der Waals surface area contributed by atoms with Gasteiger partial charge in [-0.25, -0.2) is 0 Å². The number of ether oxygens (including phenoxy) is 2. The Hall–Kier alpha value is -2.90. The topological polar surface area (TPSA) is 67.9 Å². The number of nitrogens with zero attached hydrogens (tertiary/aromatic N) is 1. The summed E-state index contributed by atoms with van der Waals surface area (Å²) in [6.45, 7) is 3.97. The van der Waals surface area contributed by atoms with E-state index in [1.807, 2.05) is 13.8 Å². The first-order valence-corrected chi connectivity index (χ1v) is 10.1. The molecule has 3 rings (SSSR count). The summed E-state index contributed by atoms with van der Waals surface area (Å²) in [5.74, 6) is 0.104. The van der Waals surface area contributed by atoms with Crippen LogP contribution in [0.2, 0.25) is 5.02 Å². The maximum atomic E-state index is 13.1. The van der Waals surface area contributed by atoms with Crippen LogP contribution in [0.5, 0.6) is 11.5 Å². The molecule has 0 bridgehead atoms. The fourth-order valence-electron chi connectivity index (χ4n) is 2.79. The van der Waals surface area contributed by atoms with Gasteiger partial charge in [0, 0.05) is 0 Å². The van der Waals surface area contributed by atoms with E-state index in [0.29, 0.717) is 27.8 Å². The molecule has 1 atom stereocenters. The quantitative estimate of drug-likeness (QED) is 0.407. The summed E-state index contributed by atoms with van der Waals surface area (Å²) < 4.78 is 10.9. The standard InChI is InChI=1S/C22H21ClN2O4S/c1-4-13(2)29-19-10-5-14(12-18(19)23)11-17-20(26)24-22(30)25(21(17)27)15-6-8-16(28-3)9-7-15/h5-13H,4H2,1-3H3,(H,24,26,30)/b17-11+/t13-/m0/s1. The number of halogens is 1. The molecule has 1 saturated heterocycles. The van der Waals surface area contributed by atoms with Crippen molar-refractivity contribution in [2.75, 3.05) is 12.0 Å². The Bertz CT molecular complexity index is 1020. The average Bonchev–Trinajstić information content (AvgIpc) is 2.73. The fourth-order valence-corrected chi connectivity index (χ4v) is 3.31. The van der Waals surface area contributed by atoms with Crippen molar-refractivity contribution in [2.24, 2.45) is 0 Å². The zero-order valence-corrected chi connectivity index (χ0v) is 18.3. The van der Waals surface area contributed by atoms with E-state index in [9.17, 15) is 9.59 Å². The molecule has 0 saturated carbocycles. The fraction of sp³-hybridized carbons (Fsp3) is 0.227. The highest BCUT2D eigenvalue weighted by Gasteiger charge is 2.34. The van der Waals surface area contributed by atoms with E-state index >= 15 is 0 Å². The molecule has 0 unspecified atom stereocenters. The summed E-state index contributed by atoms with van der Waals surface area (Å²) in [4.78, 5) is 26.8. The molecule has 0 aliphatic carbocycles. The van der Waals surface area contributed by atoms with E-state index in [1.165, 1.54) is 11.0 Å². The van der Waals surface area contributed by atoms with Crippen LogP contribution in [-0.4, -0.2) is 30.1 Å². The highest BCUT2D eigenvalue weighted by atomic mass is 35.5. The van der Waals surface area contributed by atoms with Crippen LogP contribution in [0, 0.1) is 0 Å². The van der Waals surface area contributed by atoms with E-state index in [4.69, 9.17) is 33.3 Å². The highest BCUT2D eigenvalue weighted by Crippen LogP contribution is 2.29. The van der Waals surface area contributed by atoms with Gasteiger partial charge in [-0.05, 0) is 73.6 Å². The third-order valence-electron chi connectivity index (χ3n) is 4.60. The zero-order chi connectivity index (χ0) is 21.8. The predicted molar refractivity (Wildman–Crippen MR) is 121 cm³/mol. The average molecular weight is 445 g/mol. The van der Waals surface area contributed by atoms with Crippen LogP contribution in [0.25, 0.3) is 6.08 Å². The van der Waals surface area contributed by atoms with Gasteiger partial charge in [0.2, 0.25) is 0 Å². The second-order valence-corrected chi connectivity index (χ2v) is 7.48. The molecule has 2 amide bonds. The predicted octanol–water partition coefficient (Wildman–Crippen LogP) is 4.36. The molecule has 30 heavy (non-hydrogen) atoms. The number of anilines is 1. The minimum Gasteiger partial charge on any atom is -0.497 e. The summed E-state index contributed by atoms with van der Waals surface area (Å²) in [6, 6.07) is 11.9. The lowest BCUT2D eigenvalue weighted by Crippen LogP contribution is -2.54. The molecule has 1 fully saturated rings. The number of nitrogens with one attached hydrogen (secondary N) is 1. The minimum absolute atomic E-state index is 0.0163. The Morgan fingerprint density at radius 2 is 1.90 bits per heavy atom. The summed E-state index contributed by atoms with van der Waals surface area (Å²) in [5, 5.41) is 2.97. The molecule has 1 aliphatic heterocycles. The molecule has 6 nitrogen and oxygen atoms in total. The number of carbonyl (C=O) groups excluding carboxylic acids is 2. The van der Waals surface area contributed by atoms with Crippen molar-refractivity contribution in [1.82, 2.24) is 5.32 Å². The molecule has 0 radical (unpaired) electrons. The van der Waals surface area contributed by atoms with Gasteiger partial charge in [0.05, 0.1) is 23.9 Å². The number of rotatable bonds is 6. The lowest BCUT2D eigenvalue weighted by Gasteiger charge is -2.29. The van der Waals surface area contributed by atoms with E-state index < -0.39 is 11.8 Å². The molecule has 156 valence electrons. The van der Waals surface area contributed by atoms with Crippen molar-refractivity contribution in [3.05, 3.63) is 58.6 Å². The van der Waals surface area contributed by atoms with Crippen LogP contribution in [-0.2, 0) is 9.59 Å². The number of amides is 2. The van der Waals surface area contributed by atoms with Crippen LogP contribution in [0.15, 0.2) is 48.0 Å². The Kier molecular flexibility index (Phi) is 6.74. The number of methoxy groups -OCH3 is 1. The maximum Gasteiger partial charge on any atom is 0.270 e. The molecule has 1 N–H and O–H groups in total. The van der Waals surface area contributed by atoms with Crippen molar-refractivity contribution < 1.29 is 19.1 Å². The molecule has 0 spiro atoms. The second-order valence-electron chi connectivity index (χ2n) is 6.68. The Labute approximate surface area is 185 Å². The Morgan fingerprint density at radius 1 is 1.20 bits per heavy atom. The lowest BCUT2D eigenvalue weighted by atomic mass is 10.1. The summed E-state index contributed by atoms with van der Waals surface area (Å²) in [7, 11) is 1.55. The molecule has 2 aromatic rings. The minimum atomic E-state index is -0.564. The molecular weight excluding hydrogens is 424 g/mol. The maximum absolute atomic E-state index is 13.1. The van der Waals surface area contributed by atoms with Crippen molar-refractivity contribution in [3.8, 4) is 11.5 Å². The van der Waals surface area contributed by atoms with E-state index in [1.54, 1.807) is 49.6 Å². The Balaban J connectivity index is 1.91. The van der Waals surface area contributed by atoms with Gasteiger partial charge in [-0.2, -0.15) is 0 Å². The first kappa shape index (κ1) is 21.8. The zero-order valence-electron chi connectivity index (χ0n) is 16.8. The number of benzene rings is 2. The van der Waals surface area contributed by atoms with Gasteiger partial charge in [-0.3, -0.25) is 19.8 Å². The Morgan fingerprint density at radius 3 is 2.50 bits per heavy atom. The lowest BCUT2D eigenvalue weighted by molar-refractivity contribution is -0.122. The van der Waals surface area contributed by atoms with Gasteiger partial charge in [0.15, 0.2) is 5.11 Å². The van der Waals surface area contributed by atoms with Crippen LogP contribution < -0.4 is 19.7 Å². The highest BCUT2D eigenvalue weighted by molar-refractivity contribution is 7.80. The van der Waals surface area contributed by atoms with E-state index in [0.717, 1.165) is 6.42 Å². The summed E-state index contributed by atoms with van der Waals surface area (Å²) in [5.41, 5.74) is 1.07. The van der Waals surface area contributed by atoms with Crippen LogP contribution >= 0.6 is 23.8 Å². The summed E-state index contributed by atoms with van der Waals surface area (Å²) in [6.07, 6.45) is 2.35. The van der Waals surface area contributed by atoms with E-state index in [2.05, 4.69) is 5.32 Å². The van der Waals surface area contributed by atoms with Crippen LogP contribution in [0.4, 0.5) is 5.69 Å². The molecule has 0 aromatic heterocycles. The van der Waals surface area contributed by atoms with Crippen molar-refractivity contribution in [2.45, 2.75) is 26.4 Å². The van der Waals surface area contributed by atoms with Crippen LogP contribution in [0.1, 0.15) is 25.8 Å². The molecule has 1 heterocycles. The molecule has 8 heteroatoms. The van der Waals surface area contributed by atoms with E-state index in [-0.39, 0.29) is 16.8 Å². The van der Waals surface area contributed by atoms with Gasteiger partial charge in [0.1, 0.15) is 17.1 Å². The number of carbonyl (C=O) groups is 2. The number of hydrogen-bond acceptors (Lipinski definition) is 5. The number of hydrogen-bond donors (Lipinski definition) is 1. The largest absolute Gasteiger partial charge is 0.497 e. The van der Waals surface area contributed by atoms with Gasteiger partial charge < -0.3 is 9.47 Å². The first-order valence-electron chi connectivity index (χ1n) is 9.35. The third kappa shape index (κ3) is 4.63. The normalized spacial score (nSPS) is 16.5. The van der Waals surface area contributed by atoms with Gasteiger partial charge in [0.25, 0.3) is 11.8 Å². The van der Waals surface area contributed by atoms with Crippen LogP contribution in [0.3, 0.4) is 0 Å². The van der Waals surface area contributed by atoms with Gasteiger partial charge in [-0.15, -0.1) is 0 Å². The molecule has 2 aromatic carbocycles. The van der Waals surface area contributed by atoms with Gasteiger partial charge >= 0.3 is 0 Å². The van der Waals surface area contributed by atoms with Crippen molar-refractivity contribution in [3.63, 3.8) is 0 Å². The molecular formula is C22H21ClN2O4S. The summed E-state index contributed by atoms with van der Waals surface area (Å²) >= 11 is 11.5. The first-order chi connectivity index (χ1) is 14.3. The SMILES string of the molecule is CC[C@H](C)Oc1ccc(/C=C2\C(=O)NC(=S)N(c3ccc(OC)cc3)C2=O)cc1Cl. The van der Waals surface area contributed by atoms with Crippen molar-refractivity contribution in [1.29, 1.82) is 0 Å². The second kappa shape index (κ2) is 9.28. The monoisotopic (exact) mass is 444 g/mol.